The van der Waals surface area contributed by atoms with Gasteiger partial charge in [0.1, 0.15) is 18.4 Å². The summed E-state index contributed by atoms with van der Waals surface area (Å²) in [7, 11) is -1.45. The van der Waals surface area contributed by atoms with Crippen molar-refractivity contribution >= 4 is 27.5 Å². The normalized spacial score (nSPS) is 11.8. The Kier molecular flexibility index (Phi) is 10.5. The first-order valence-corrected chi connectivity index (χ1v) is 14.2. The van der Waals surface area contributed by atoms with Crippen molar-refractivity contribution in [3.05, 3.63) is 84.2 Å². The molecular weight excluding hydrogens is 537 g/mol. The number of nitrogens with zero attached hydrogens (tertiary/aromatic N) is 2. The van der Waals surface area contributed by atoms with Gasteiger partial charge in [-0.05, 0) is 55.3 Å². The van der Waals surface area contributed by atoms with E-state index in [0.29, 0.717) is 17.9 Å². The maximum absolute atomic E-state index is 14.0. The van der Waals surface area contributed by atoms with Gasteiger partial charge in [0.25, 0.3) is 10.0 Å². The molecule has 1 atom stereocenters. The van der Waals surface area contributed by atoms with Crippen molar-refractivity contribution < 1.29 is 31.9 Å². The minimum Gasteiger partial charge on any atom is -0.493 e. The van der Waals surface area contributed by atoms with Crippen LogP contribution in [0.4, 0.5) is 10.1 Å². The lowest BCUT2D eigenvalue weighted by molar-refractivity contribution is -0.140. The Morgan fingerprint density at radius 1 is 0.925 bits per heavy atom. The summed E-state index contributed by atoms with van der Waals surface area (Å²) in [6, 6.07) is 17.1. The van der Waals surface area contributed by atoms with Gasteiger partial charge in [0.2, 0.25) is 11.8 Å². The average Bonchev–Trinajstić information content (AvgIpc) is 2.96. The highest BCUT2D eigenvalue weighted by atomic mass is 32.2. The number of para-hydroxylation sites is 1. The number of likely N-dealkylation sites (N-methyl/N-ethyl adjacent to an activating group) is 1. The number of nitrogens with one attached hydrogen (secondary N) is 1. The van der Waals surface area contributed by atoms with Crippen LogP contribution >= 0.6 is 0 Å². The van der Waals surface area contributed by atoms with Gasteiger partial charge in [-0.3, -0.25) is 13.9 Å². The van der Waals surface area contributed by atoms with Crippen LogP contribution in [0.15, 0.2) is 77.7 Å². The molecule has 0 radical (unpaired) electrons. The average molecular weight is 572 g/mol. The molecule has 3 aromatic rings. The number of hydrogen-bond donors (Lipinski definition) is 1. The summed E-state index contributed by atoms with van der Waals surface area (Å²) >= 11 is 0. The van der Waals surface area contributed by atoms with E-state index in [1.54, 1.807) is 44.2 Å². The number of ether oxygens (including phenoxy) is 2. The first-order valence-electron chi connectivity index (χ1n) is 12.8. The number of carbonyl (C=O) groups excluding carboxylic acids is 2. The fourth-order valence-electron chi connectivity index (χ4n) is 4.23. The summed E-state index contributed by atoms with van der Waals surface area (Å²) in [5.74, 6) is -0.844. The van der Waals surface area contributed by atoms with E-state index in [4.69, 9.17) is 9.47 Å². The molecule has 214 valence electrons. The molecule has 0 aliphatic rings. The lowest BCUT2D eigenvalue weighted by Crippen LogP contribution is -2.52. The zero-order chi connectivity index (χ0) is 29.3. The van der Waals surface area contributed by atoms with E-state index in [2.05, 4.69) is 5.32 Å². The molecule has 2 amide bonds. The van der Waals surface area contributed by atoms with Gasteiger partial charge in [-0.1, -0.05) is 37.3 Å². The highest BCUT2D eigenvalue weighted by Gasteiger charge is 2.34. The van der Waals surface area contributed by atoms with Gasteiger partial charge >= 0.3 is 0 Å². The van der Waals surface area contributed by atoms with Crippen LogP contribution in [-0.4, -0.2) is 58.5 Å². The summed E-state index contributed by atoms with van der Waals surface area (Å²) in [6.45, 7) is 3.28. The van der Waals surface area contributed by atoms with Crippen molar-refractivity contribution in [1.29, 1.82) is 0 Å². The second-order valence-corrected chi connectivity index (χ2v) is 10.7. The third-order valence-electron chi connectivity index (χ3n) is 6.27. The van der Waals surface area contributed by atoms with Crippen molar-refractivity contribution in [3.8, 4) is 11.5 Å². The van der Waals surface area contributed by atoms with Crippen LogP contribution in [-0.2, 0) is 26.2 Å². The van der Waals surface area contributed by atoms with Gasteiger partial charge in [0, 0.05) is 19.2 Å². The number of methoxy groups -OCH3 is 2. The first kappa shape index (κ1) is 30.4. The summed E-state index contributed by atoms with van der Waals surface area (Å²) < 4.78 is 53.0. The SMILES string of the molecule is CCNC(=O)C(CC)N(Cc1ccc(F)cc1)C(=O)CN(c1ccccc1)S(=O)(=O)c1ccc(OC)c(OC)c1. The zero-order valence-electron chi connectivity index (χ0n) is 23.0. The fourth-order valence-corrected chi connectivity index (χ4v) is 5.66. The Hall–Kier alpha value is -4.12. The van der Waals surface area contributed by atoms with Crippen LogP contribution in [0.5, 0.6) is 11.5 Å². The fraction of sp³-hybridized carbons (Fsp3) is 0.310. The maximum Gasteiger partial charge on any atom is 0.264 e. The van der Waals surface area contributed by atoms with Gasteiger partial charge in [-0.2, -0.15) is 0 Å². The van der Waals surface area contributed by atoms with E-state index in [0.717, 1.165) is 4.31 Å². The summed E-state index contributed by atoms with van der Waals surface area (Å²) in [4.78, 5) is 28.1. The number of halogens is 1. The number of carbonyl (C=O) groups is 2. The lowest BCUT2D eigenvalue weighted by Gasteiger charge is -2.33. The molecule has 3 rings (SSSR count). The van der Waals surface area contributed by atoms with Crippen molar-refractivity contribution in [2.75, 3.05) is 31.6 Å². The third kappa shape index (κ3) is 7.09. The molecule has 0 heterocycles. The smallest absolute Gasteiger partial charge is 0.264 e. The molecule has 1 unspecified atom stereocenters. The standard InChI is InChI=1S/C29H34FN3O6S/c1-5-25(29(35)31-6-2)32(19-21-12-14-22(30)15-13-21)28(34)20-33(23-10-8-7-9-11-23)40(36,37)24-16-17-26(38-3)27(18-24)39-4/h7-18,25H,5-6,19-20H2,1-4H3,(H,31,35). The molecule has 0 bridgehead atoms. The molecule has 3 aromatic carbocycles. The number of sulfonamides is 1. The van der Waals surface area contributed by atoms with Crippen LogP contribution in [0.2, 0.25) is 0 Å². The largest absolute Gasteiger partial charge is 0.493 e. The quantitative estimate of drug-likeness (QED) is 0.333. The van der Waals surface area contributed by atoms with Gasteiger partial charge in [0.15, 0.2) is 11.5 Å². The van der Waals surface area contributed by atoms with E-state index >= 15 is 0 Å². The number of benzene rings is 3. The summed E-state index contributed by atoms with van der Waals surface area (Å²) in [5.41, 5.74) is 0.852. The topological polar surface area (TPSA) is 105 Å². The first-order chi connectivity index (χ1) is 19.2. The molecule has 0 saturated carbocycles. The molecular formula is C29H34FN3O6S. The molecule has 11 heteroatoms. The van der Waals surface area contributed by atoms with Crippen LogP contribution in [0.1, 0.15) is 25.8 Å². The molecule has 0 aliphatic heterocycles. The Morgan fingerprint density at radius 3 is 2.15 bits per heavy atom. The van der Waals surface area contributed by atoms with E-state index in [9.17, 15) is 22.4 Å². The van der Waals surface area contributed by atoms with E-state index in [-0.39, 0.29) is 35.2 Å². The van der Waals surface area contributed by atoms with Gasteiger partial charge in [0.05, 0.1) is 24.8 Å². The molecule has 0 fully saturated rings. The number of hydrogen-bond acceptors (Lipinski definition) is 6. The molecule has 9 nitrogen and oxygen atoms in total. The second kappa shape index (κ2) is 13.8. The molecule has 1 N–H and O–H groups in total. The zero-order valence-corrected chi connectivity index (χ0v) is 23.8. The van der Waals surface area contributed by atoms with Crippen LogP contribution < -0.4 is 19.1 Å². The number of anilines is 1. The Bertz CT molecular complexity index is 1400. The highest BCUT2D eigenvalue weighted by Crippen LogP contribution is 2.32. The highest BCUT2D eigenvalue weighted by molar-refractivity contribution is 7.92. The predicted octanol–water partition coefficient (Wildman–Crippen LogP) is 3.98. The van der Waals surface area contributed by atoms with Crippen LogP contribution in [0.25, 0.3) is 0 Å². The minimum atomic E-state index is -4.28. The van der Waals surface area contributed by atoms with Crippen LogP contribution in [0.3, 0.4) is 0 Å². The Balaban J connectivity index is 2.06. The van der Waals surface area contributed by atoms with Gasteiger partial charge in [-0.15, -0.1) is 0 Å². The van der Waals surface area contributed by atoms with Crippen molar-refractivity contribution in [2.45, 2.75) is 37.8 Å². The Morgan fingerprint density at radius 2 is 1.57 bits per heavy atom. The molecule has 0 aliphatic carbocycles. The minimum absolute atomic E-state index is 0.0200. The maximum atomic E-state index is 14.0. The summed E-state index contributed by atoms with van der Waals surface area (Å²) in [6.07, 6.45) is 0.284. The molecule has 0 spiro atoms. The summed E-state index contributed by atoms with van der Waals surface area (Å²) in [5, 5.41) is 2.74. The molecule has 0 saturated heterocycles. The van der Waals surface area contributed by atoms with E-state index < -0.39 is 34.3 Å². The molecule has 0 aromatic heterocycles. The van der Waals surface area contributed by atoms with Gasteiger partial charge < -0.3 is 19.7 Å². The van der Waals surface area contributed by atoms with E-state index in [1.807, 2.05) is 0 Å². The van der Waals surface area contributed by atoms with Crippen molar-refractivity contribution in [2.24, 2.45) is 0 Å². The monoisotopic (exact) mass is 571 g/mol. The molecule has 40 heavy (non-hydrogen) atoms. The van der Waals surface area contributed by atoms with Crippen molar-refractivity contribution in [1.82, 2.24) is 10.2 Å². The van der Waals surface area contributed by atoms with Gasteiger partial charge in [-0.25, -0.2) is 12.8 Å². The number of rotatable bonds is 13. The Labute approximate surface area is 234 Å². The number of amides is 2. The van der Waals surface area contributed by atoms with Crippen LogP contribution in [0, 0.1) is 5.82 Å². The van der Waals surface area contributed by atoms with E-state index in [1.165, 1.54) is 61.6 Å². The third-order valence-corrected chi connectivity index (χ3v) is 8.04. The second-order valence-electron chi connectivity index (χ2n) is 8.83. The van der Waals surface area contributed by atoms with Crippen molar-refractivity contribution in [3.63, 3.8) is 0 Å². The predicted molar refractivity (Wildman–Crippen MR) is 150 cm³/mol. The lowest BCUT2D eigenvalue weighted by atomic mass is 10.1.